The molecule has 0 nitrogen and oxygen atoms in total. The van der Waals surface area contributed by atoms with Gasteiger partial charge in [-0.05, 0) is 54.7 Å². The number of allylic oxidation sites excluding steroid dienone is 5. The van der Waals surface area contributed by atoms with Crippen molar-refractivity contribution in [2.75, 3.05) is 0 Å². The quantitative estimate of drug-likeness (QED) is 0.492. The Kier molecular flexibility index (Phi) is 7.39. The molecule has 0 spiro atoms. The van der Waals surface area contributed by atoms with Gasteiger partial charge in [0.25, 0.3) is 0 Å². The molecule has 3 rings (SSSR count). The molecule has 1 aliphatic rings. The molecule has 1 aliphatic carbocycles. The van der Waals surface area contributed by atoms with Crippen molar-refractivity contribution in [3.8, 4) is 0 Å². The minimum atomic E-state index is 1.10. The number of aryl methyl sites for hydroxylation is 1. The number of benzene rings is 2. The first-order valence-corrected chi connectivity index (χ1v) is 8.09. The Labute approximate surface area is 135 Å². The number of hydrogen-bond acceptors (Lipinski definition) is 0. The van der Waals surface area contributed by atoms with Crippen LogP contribution in [0.3, 0.4) is 0 Å². The molecular formula is C22H28. The van der Waals surface area contributed by atoms with Crippen LogP contribution in [0.2, 0.25) is 0 Å². The van der Waals surface area contributed by atoms with Crippen LogP contribution in [0.15, 0.2) is 66.8 Å². The van der Waals surface area contributed by atoms with Crippen LogP contribution in [0.1, 0.15) is 45.2 Å². The molecule has 0 saturated carbocycles. The fraction of sp³-hybridized carbons (Fsp3) is 0.273. The monoisotopic (exact) mass is 292 g/mol. The van der Waals surface area contributed by atoms with E-state index in [1.54, 1.807) is 6.08 Å². The zero-order chi connectivity index (χ0) is 16.5. The van der Waals surface area contributed by atoms with E-state index in [1.807, 2.05) is 20.8 Å². The SMILES string of the molecule is C=CC.CC.CC1=CC=C(c2ccc3ccccc3c2C)C1. The molecule has 0 aliphatic heterocycles. The highest BCUT2D eigenvalue weighted by Gasteiger charge is 2.11. The Morgan fingerprint density at radius 1 is 0.955 bits per heavy atom. The fourth-order valence-electron chi connectivity index (χ4n) is 2.62. The van der Waals surface area contributed by atoms with Gasteiger partial charge in [-0.25, -0.2) is 0 Å². The molecule has 0 unspecified atom stereocenters. The lowest BCUT2D eigenvalue weighted by Gasteiger charge is -2.10. The molecule has 0 bridgehead atoms. The summed E-state index contributed by atoms with van der Waals surface area (Å²) >= 11 is 0. The minimum absolute atomic E-state index is 1.10. The van der Waals surface area contributed by atoms with Crippen LogP contribution in [-0.4, -0.2) is 0 Å². The molecule has 0 radical (unpaired) electrons. The average Bonchev–Trinajstić information content (AvgIpc) is 2.97. The summed E-state index contributed by atoms with van der Waals surface area (Å²) in [7, 11) is 0. The first kappa shape index (κ1) is 18.0. The van der Waals surface area contributed by atoms with E-state index < -0.39 is 0 Å². The highest BCUT2D eigenvalue weighted by molar-refractivity contribution is 5.91. The van der Waals surface area contributed by atoms with Crippen LogP contribution in [-0.2, 0) is 0 Å². The Balaban J connectivity index is 0.000000435. The largest absolute Gasteiger partial charge is 0.103 e. The van der Waals surface area contributed by atoms with E-state index in [0.29, 0.717) is 0 Å². The summed E-state index contributed by atoms with van der Waals surface area (Å²) < 4.78 is 0. The summed E-state index contributed by atoms with van der Waals surface area (Å²) in [6, 6.07) is 13.1. The predicted molar refractivity (Wildman–Crippen MR) is 102 cm³/mol. The third-order valence-electron chi connectivity index (χ3n) is 3.58. The molecule has 0 aromatic heterocycles. The smallest absolute Gasteiger partial charge is 0.00607 e. The van der Waals surface area contributed by atoms with Gasteiger partial charge in [0.15, 0.2) is 0 Å². The maximum absolute atomic E-state index is 3.36. The van der Waals surface area contributed by atoms with Gasteiger partial charge < -0.3 is 0 Å². The molecule has 116 valence electrons. The predicted octanol–water partition coefficient (Wildman–Crippen LogP) is 7.10. The van der Waals surface area contributed by atoms with Crippen molar-refractivity contribution in [2.24, 2.45) is 0 Å². The van der Waals surface area contributed by atoms with Crippen molar-refractivity contribution in [3.63, 3.8) is 0 Å². The van der Waals surface area contributed by atoms with E-state index in [2.05, 4.69) is 69.0 Å². The van der Waals surface area contributed by atoms with Crippen LogP contribution >= 0.6 is 0 Å². The maximum Gasteiger partial charge on any atom is -0.00607 e. The second-order valence-corrected chi connectivity index (χ2v) is 5.25. The molecule has 22 heavy (non-hydrogen) atoms. The van der Waals surface area contributed by atoms with Crippen LogP contribution in [0.25, 0.3) is 16.3 Å². The Morgan fingerprint density at radius 3 is 2.18 bits per heavy atom. The van der Waals surface area contributed by atoms with Gasteiger partial charge in [-0.1, -0.05) is 74.0 Å². The summed E-state index contributed by atoms with van der Waals surface area (Å²) in [6.07, 6.45) is 7.33. The van der Waals surface area contributed by atoms with Crippen molar-refractivity contribution in [2.45, 2.75) is 41.0 Å². The molecule has 0 heteroatoms. The van der Waals surface area contributed by atoms with E-state index in [1.165, 1.54) is 33.0 Å². The van der Waals surface area contributed by atoms with Gasteiger partial charge >= 0.3 is 0 Å². The lowest BCUT2D eigenvalue weighted by atomic mass is 9.94. The Morgan fingerprint density at radius 2 is 1.59 bits per heavy atom. The van der Waals surface area contributed by atoms with Gasteiger partial charge in [-0.15, -0.1) is 6.58 Å². The standard InChI is InChI=1S/C17H16.C3H6.C2H6/c1-12-7-8-15(11-12)17-10-9-14-5-3-4-6-16(14)13(17)2;1-3-2;1-2/h3-10H,11H2,1-2H3;3H,1H2,2H3;1-2H3. The van der Waals surface area contributed by atoms with E-state index in [0.717, 1.165) is 6.42 Å². The van der Waals surface area contributed by atoms with Crippen LogP contribution in [0.4, 0.5) is 0 Å². The van der Waals surface area contributed by atoms with Crippen molar-refractivity contribution in [1.29, 1.82) is 0 Å². The van der Waals surface area contributed by atoms with Crippen molar-refractivity contribution in [1.82, 2.24) is 0 Å². The lowest BCUT2D eigenvalue weighted by molar-refractivity contribution is 1.25. The number of fused-ring (bicyclic) bond motifs is 1. The summed E-state index contributed by atoms with van der Waals surface area (Å²) in [5.41, 5.74) is 5.70. The van der Waals surface area contributed by atoms with Gasteiger partial charge in [-0.3, -0.25) is 0 Å². The average molecular weight is 292 g/mol. The van der Waals surface area contributed by atoms with E-state index >= 15 is 0 Å². The molecule has 0 amide bonds. The summed E-state index contributed by atoms with van der Waals surface area (Å²) in [5.74, 6) is 0. The first-order chi connectivity index (χ1) is 10.7. The van der Waals surface area contributed by atoms with E-state index in [9.17, 15) is 0 Å². The molecular weight excluding hydrogens is 264 g/mol. The van der Waals surface area contributed by atoms with Gasteiger partial charge in [0, 0.05) is 0 Å². The van der Waals surface area contributed by atoms with Crippen LogP contribution in [0, 0.1) is 6.92 Å². The highest BCUT2D eigenvalue weighted by atomic mass is 14.2. The zero-order valence-electron chi connectivity index (χ0n) is 14.6. The summed E-state index contributed by atoms with van der Waals surface area (Å²) in [4.78, 5) is 0. The molecule has 0 saturated heterocycles. The molecule has 2 aromatic rings. The molecule has 0 fully saturated rings. The number of hydrogen-bond donors (Lipinski definition) is 0. The van der Waals surface area contributed by atoms with Gasteiger partial charge in [0.2, 0.25) is 0 Å². The normalized spacial score (nSPS) is 12.4. The summed E-state index contributed by atoms with van der Waals surface area (Å²) in [6.45, 7) is 13.7. The minimum Gasteiger partial charge on any atom is -0.103 e. The third-order valence-corrected chi connectivity index (χ3v) is 3.58. The maximum atomic E-state index is 3.36. The molecule has 0 atom stereocenters. The third kappa shape index (κ3) is 4.21. The second-order valence-electron chi connectivity index (χ2n) is 5.25. The first-order valence-electron chi connectivity index (χ1n) is 8.09. The zero-order valence-corrected chi connectivity index (χ0v) is 14.6. The molecule has 0 N–H and O–H groups in total. The Bertz CT molecular complexity index is 684. The van der Waals surface area contributed by atoms with E-state index in [4.69, 9.17) is 0 Å². The van der Waals surface area contributed by atoms with Crippen molar-refractivity contribution >= 4 is 16.3 Å². The Hall–Kier alpha value is -2.08. The van der Waals surface area contributed by atoms with Gasteiger partial charge in [-0.2, -0.15) is 0 Å². The second kappa shape index (κ2) is 9.04. The van der Waals surface area contributed by atoms with E-state index in [-0.39, 0.29) is 0 Å². The van der Waals surface area contributed by atoms with Gasteiger partial charge in [0.1, 0.15) is 0 Å². The molecule has 2 aromatic carbocycles. The van der Waals surface area contributed by atoms with Crippen LogP contribution < -0.4 is 0 Å². The highest BCUT2D eigenvalue weighted by Crippen LogP contribution is 2.32. The number of rotatable bonds is 1. The van der Waals surface area contributed by atoms with Crippen LogP contribution in [0.5, 0.6) is 0 Å². The fourth-order valence-corrected chi connectivity index (χ4v) is 2.62. The molecule has 0 heterocycles. The lowest BCUT2D eigenvalue weighted by Crippen LogP contribution is -1.89. The van der Waals surface area contributed by atoms with Crippen molar-refractivity contribution < 1.29 is 0 Å². The van der Waals surface area contributed by atoms with Crippen molar-refractivity contribution in [3.05, 3.63) is 77.9 Å². The van der Waals surface area contributed by atoms with Gasteiger partial charge in [0.05, 0.1) is 0 Å². The summed E-state index contributed by atoms with van der Waals surface area (Å²) in [5, 5.41) is 2.70. The topological polar surface area (TPSA) is 0 Å².